The second kappa shape index (κ2) is 5.97. The van der Waals surface area contributed by atoms with E-state index in [4.69, 9.17) is 16.3 Å². The zero-order valence-electron chi connectivity index (χ0n) is 11.3. The van der Waals surface area contributed by atoms with Crippen LogP contribution in [0.5, 0.6) is 11.5 Å². The average Bonchev–Trinajstić information content (AvgIpc) is 2.40. The van der Waals surface area contributed by atoms with Crippen LogP contribution >= 0.6 is 11.6 Å². The molecule has 0 amide bonds. The van der Waals surface area contributed by atoms with E-state index in [0.717, 1.165) is 17.5 Å². The lowest BCUT2D eigenvalue weighted by atomic mass is 10.1. The van der Waals surface area contributed by atoms with Crippen molar-refractivity contribution in [1.82, 2.24) is 0 Å². The number of ether oxygens (including phenoxy) is 1. The number of hydrogen-bond donors (Lipinski definition) is 1. The molecule has 0 aliphatic heterocycles. The van der Waals surface area contributed by atoms with Crippen molar-refractivity contribution in [1.29, 1.82) is 0 Å². The molecule has 0 aliphatic rings. The second-order valence-electron chi connectivity index (χ2n) is 4.51. The van der Waals surface area contributed by atoms with Crippen molar-refractivity contribution in [2.24, 2.45) is 0 Å². The summed E-state index contributed by atoms with van der Waals surface area (Å²) in [6.45, 7) is 3.89. The van der Waals surface area contributed by atoms with Crippen LogP contribution in [-0.2, 0) is 6.42 Å². The van der Waals surface area contributed by atoms with Gasteiger partial charge in [0.2, 0.25) is 0 Å². The molecule has 0 saturated heterocycles. The Balaban J connectivity index is 2.39. The quantitative estimate of drug-likeness (QED) is 0.887. The van der Waals surface area contributed by atoms with E-state index < -0.39 is 5.97 Å². The number of carboxylic acid groups (broad SMARTS) is 1. The van der Waals surface area contributed by atoms with Gasteiger partial charge in [-0.05, 0) is 54.8 Å². The van der Waals surface area contributed by atoms with Gasteiger partial charge in [-0.15, -0.1) is 0 Å². The Morgan fingerprint density at radius 3 is 2.65 bits per heavy atom. The number of aryl methyl sites for hydroxylation is 2. The van der Waals surface area contributed by atoms with Crippen LogP contribution in [0.15, 0.2) is 36.4 Å². The minimum absolute atomic E-state index is 0.142. The number of benzene rings is 2. The fourth-order valence-corrected chi connectivity index (χ4v) is 2.15. The molecule has 0 bridgehead atoms. The number of halogens is 1. The van der Waals surface area contributed by atoms with Gasteiger partial charge in [0.15, 0.2) is 0 Å². The van der Waals surface area contributed by atoms with Crippen molar-refractivity contribution in [3.63, 3.8) is 0 Å². The summed E-state index contributed by atoms with van der Waals surface area (Å²) in [6, 6.07) is 10.3. The molecule has 0 heterocycles. The summed E-state index contributed by atoms with van der Waals surface area (Å²) in [4.78, 5) is 11.2. The normalized spacial score (nSPS) is 10.3. The Morgan fingerprint density at radius 1 is 1.25 bits per heavy atom. The van der Waals surface area contributed by atoms with E-state index >= 15 is 0 Å². The maximum atomic E-state index is 11.2. The van der Waals surface area contributed by atoms with Crippen molar-refractivity contribution in [3.05, 3.63) is 58.1 Å². The summed E-state index contributed by atoms with van der Waals surface area (Å²) >= 11 is 6.06. The molecule has 0 radical (unpaired) electrons. The van der Waals surface area contributed by atoms with Crippen LogP contribution < -0.4 is 4.74 Å². The minimum Gasteiger partial charge on any atom is -0.478 e. The summed E-state index contributed by atoms with van der Waals surface area (Å²) in [7, 11) is 0. The van der Waals surface area contributed by atoms with Gasteiger partial charge in [0, 0.05) is 5.02 Å². The minimum atomic E-state index is -1.01. The van der Waals surface area contributed by atoms with Gasteiger partial charge in [0.05, 0.1) is 0 Å². The first kappa shape index (κ1) is 14.4. The zero-order valence-corrected chi connectivity index (χ0v) is 12.1. The number of aromatic carboxylic acids is 1. The SMILES string of the molecule is CCc1cc(Oc2cc(C)ccc2C(=O)O)ccc1Cl. The molecule has 104 valence electrons. The van der Waals surface area contributed by atoms with Gasteiger partial charge in [0.1, 0.15) is 17.1 Å². The summed E-state index contributed by atoms with van der Waals surface area (Å²) in [6.07, 6.45) is 0.787. The van der Waals surface area contributed by atoms with E-state index in [9.17, 15) is 9.90 Å². The molecule has 3 nitrogen and oxygen atoms in total. The summed E-state index contributed by atoms with van der Waals surface area (Å²) < 4.78 is 5.71. The third-order valence-corrected chi connectivity index (χ3v) is 3.36. The Hall–Kier alpha value is -2.00. The summed E-state index contributed by atoms with van der Waals surface area (Å²) in [5.41, 5.74) is 2.05. The van der Waals surface area contributed by atoms with E-state index in [2.05, 4.69) is 0 Å². The second-order valence-corrected chi connectivity index (χ2v) is 4.92. The van der Waals surface area contributed by atoms with Crippen LogP contribution in [0.1, 0.15) is 28.4 Å². The van der Waals surface area contributed by atoms with Crippen LogP contribution in [0.4, 0.5) is 0 Å². The highest BCUT2D eigenvalue weighted by Crippen LogP contribution is 2.29. The average molecular weight is 291 g/mol. The first-order chi connectivity index (χ1) is 9.51. The van der Waals surface area contributed by atoms with Gasteiger partial charge in [-0.1, -0.05) is 24.6 Å². The van der Waals surface area contributed by atoms with E-state index in [-0.39, 0.29) is 5.56 Å². The molecule has 1 N–H and O–H groups in total. The lowest BCUT2D eigenvalue weighted by Crippen LogP contribution is -2.00. The lowest BCUT2D eigenvalue weighted by Gasteiger charge is -2.11. The molecule has 20 heavy (non-hydrogen) atoms. The van der Waals surface area contributed by atoms with Crippen molar-refractivity contribution < 1.29 is 14.6 Å². The molecule has 0 aromatic heterocycles. The topological polar surface area (TPSA) is 46.5 Å². The van der Waals surface area contributed by atoms with Crippen molar-refractivity contribution in [2.45, 2.75) is 20.3 Å². The summed E-state index contributed by atoms with van der Waals surface area (Å²) in [5.74, 6) is -0.0918. The number of hydrogen-bond acceptors (Lipinski definition) is 2. The van der Waals surface area contributed by atoms with E-state index in [1.54, 1.807) is 30.3 Å². The first-order valence-electron chi connectivity index (χ1n) is 6.31. The largest absolute Gasteiger partial charge is 0.478 e. The molecular weight excluding hydrogens is 276 g/mol. The van der Waals surface area contributed by atoms with Crippen LogP contribution in [0.2, 0.25) is 5.02 Å². The van der Waals surface area contributed by atoms with Crippen molar-refractivity contribution >= 4 is 17.6 Å². The fourth-order valence-electron chi connectivity index (χ4n) is 1.90. The van der Waals surface area contributed by atoms with E-state index in [0.29, 0.717) is 16.5 Å². The molecule has 4 heteroatoms. The van der Waals surface area contributed by atoms with Gasteiger partial charge in [0.25, 0.3) is 0 Å². The third kappa shape index (κ3) is 3.11. The smallest absolute Gasteiger partial charge is 0.339 e. The van der Waals surface area contributed by atoms with Crippen molar-refractivity contribution in [2.75, 3.05) is 0 Å². The maximum Gasteiger partial charge on any atom is 0.339 e. The number of carboxylic acids is 1. The molecule has 0 saturated carbocycles. The van der Waals surface area contributed by atoms with Crippen LogP contribution in [0, 0.1) is 6.92 Å². The Bertz CT molecular complexity index is 650. The maximum absolute atomic E-state index is 11.2. The van der Waals surface area contributed by atoms with Gasteiger partial charge in [-0.2, -0.15) is 0 Å². The molecular formula is C16H15ClO3. The third-order valence-electron chi connectivity index (χ3n) is 2.99. The molecule has 0 atom stereocenters. The Morgan fingerprint density at radius 2 is 2.00 bits per heavy atom. The lowest BCUT2D eigenvalue weighted by molar-refractivity contribution is 0.0694. The predicted molar refractivity (Wildman–Crippen MR) is 79.0 cm³/mol. The standard InChI is InChI=1S/C16H15ClO3/c1-3-11-9-12(5-7-14(11)17)20-15-8-10(2)4-6-13(15)16(18)19/h4-9H,3H2,1-2H3,(H,18,19). The molecule has 2 aromatic carbocycles. The highest BCUT2D eigenvalue weighted by atomic mass is 35.5. The van der Waals surface area contributed by atoms with Crippen LogP contribution in [0.25, 0.3) is 0 Å². The number of rotatable bonds is 4. The predicted octanol–water partition coefficient (Wildman–Crippen LogP) is 4.70. The van der Waals surface area contributed by atoms with E-state index in [1.165, 1.54) is 0 Å². The van der Waals surface area contributed by atoms with Gasteiger partial charge >= 0.3 is 5.97 Å². The Kier molecular flexibility index (Phi) is 4.30. The van der Waals surface area contributed by atoms with Gasteiger partial charge in [-0.25, -0.2) is 4.79 Å². The van der Waals surface area contributed by atoms with Gasteiger partial charge < -0.3 is 9.84 Å². The van der Waals surface area contributed by atoms with Crippen LogP contribution in [-0.4, -0.2) is 11.1 Å². The first-order valence-corrected chi connectivity index (χ1v) is 6.69. The zero-order chi connectivity index (χ0) is 14.7. The van der Waals surface area contributed by atoms with Crippen molar-refractivity contribution in [3.8, 4) is 11.5 Å². The molecule has 0 fully saturated rings. The molecule has 2 aromatic rings. The Labute approximate surface area is 122 Å². The van der Waals surface area contributed by atoms with E-state index in [1.807, 2.05) is 19.9 Å². The summed E-state index contributed by atoms with van der Waals surface area (Å²) in [5, 5.41) is 9.86. The highest BCUT2D eigenvalue weighted by molar-refractivity contribution is 6.31. The number of carbonyl (C=O) groups is 1. The van der Waals surface area contributed by atoms with Gasteiger partial charge in [-0.3, -0.25) is 0 Å². The monoisotopic (exact) mass is 290 g/mol. The van der Waals surface area contributed by atoms with Crippen LogP contribution in [0.3, 0.4) is 0 Å². The molecule has 0 unspecified atom stereocenters. The molecule has 0 spiro atoms. The molecule has 2 rings (SSSR count). The fraction of sp³-hybridized carbons (Fsp3) is 0.188. The molecule has 0 aliphatic carbocycles. The highest BCUT2D eigenvalue weighted by Gasteiger charge is 2.12.